The molecule has 0 saturated carbocycles. The predicted octanol–water partition coefficient (Wildman–Crippen LogP) is 8.31. The fraction of sp³-hybridized carbons (Fsp3) is 0.0857. The van der Waals surface area contributed by atoms with Crippen molar-refractivity contribution < 1.29 is 20.4 Å². The molecule has 0 saturated heterocycles. The van der Waals surface area contributed by atoms with Crippen LogP contribution >= 0.6 is 0 Å². The van der Waals surface area contributed by atoms with Crippen LogP contribution in [0.3, 0.4) is 0 Å². The van der Waals surface area contributed by atoms with Gasteiger partial charge in [0.25, 0.3) is 0 Å². The molecule has 0 amide bonds. The van der Waals surface area contributed by atoms with Gasteiger partial charge in [0.1, 0.15) is 0 Å². The number of aryl methyl sites for hydroxylation is 1. The van der Waals surface area contributed by atoms with Crippen LogP contribution in [0.15, 0.2) is 97.1 Å². The van der Waals surface area contributed by atoms with E-state index in [1.165, 1.54) is 5.56 Å². The molecule has 0 heterocycles. The highest BCUT2D eigenvalue weighted by Gasteiger charge is 2.28. The van der Waals surface area contributed by atoms with Crippen LogP contribution in [0.1, 0.15) is 17.5 Å². The summed E-state index contributed by atoms with van der Waals surface area (Å²) in [6.45, 7) is 0. The van der Waals surface area contributed by atoms with Crippen LogP contribution in [-0.2, 0) is 12.8 Å². The Morgan fingerprint density at radius 1 is 0.436 bits per heavy atom. The van der Waals surface area contributed by atoms with E-state index < -0.39 is 17.2 Å². The highest BCUT2D eigenvalue weighted by atomic mass is 16.3. The quantitative estimate of drug-likeness (QED) is 0.107. The largest absolute Gasteiger partial charge is 0.504 e. The van der Waals surface area contributed by atoms with Gasteiger partial charge in [0.05, 0.1) is 0 Å². The molecule has 7 rings (SSSR count). The molecule has 0 bridgehead atoms. The lowest BCUT2D eigenvalue weighted by molar-refractivity contribution is 0.344. The fourth-order valence-corrected chi connectivity index (χ4v) is 6.27. The number of rotatable bonds is 2. The van der Waals surface area contributed by atoms with Gasteiger partial charge in [0.15, 0.2) is 11.5 Å². The van der Waals surface area contributed by atoms with Crippen molar-refractivity contribution in [2.75, 3.05) is 0 Å². The van der Waals surface area contributed by atoms with Crippen LogP contribution in [0.2, 0.25) is 0 Å². The van der Waals surface area contributed by atoms with E-state index in [1.54, 1.807) is 0 Å². The van der Waals surface area contributed by atoms with Crippen molar-refractivity contribution in [3.63, 3.8) is 0 Å². The minimum atomic E-state index is -0.701. The molecule has 0 radical (unpaired) electrons. The van der Waals surface area contributed by atoms with E-state index in [4.69, 9.17) is 0 Å². The van der Waals surface area contributed by atoms with Gasteiger partial charge >= 0.3 is 0 Å². The maximum Gasteiger partial charge on any atom is 0.204 e. The van der Waals surface area contributed by atoms with Crippen molar-refractivity contribution in [2.24, 2.45) is 0 Å². The second-order valence-corrected chi connectivity index (χ2v) is 10.2. The Kier molecular flexibility index (Phi) is 5.24. The zero-order valence-electron chi connectivity index (χ0n) is 21.1. The summed E-state index contributed by atoms with van der Waals surface area (Å²) in [6.07, 6.45) is 1.97. The van der Waals surface area contributed by atoms with Crippen LogP contribution in [0.4, 0.5) is 0 Å². The maximum atomic E-state index is 11.0. The van der Waals surface area contributed by atoms with E-state index in [1.807, 2.05) is 12.1 Å². The Morgan fingerprint density at radius 3 is 1.59 bits per heavy atom. The third-order valence-electron chi connectivity index (χ3n) is 8.03. The first-order valence-corrected chi connectivity index (χ1v) is 13.2. The summed E-state index contributed by atoms with van der Waals surface area (Å²) >= 11 is 0. The number of hydrogen-bond donors (Lipinski definition) is 4. The standard InChI is InChI=1S/C35H26O4/c36-32-27-16-8-11-20-17-18-22(19-28(20)31(27)33(37)35(39)34(32)38)30-25-14-6-4-12-23(25)29(21-9-2-1-3-10-21)24-13-5-7-15-26(24)30/h1-7,9-10,12-15,17-19,36-39H,8,11,16H2. The molecule has 4 N–H and O–H groups in total. The zero-order chi connectivity index (χ0) is 26.7. The molecule has 190 valence electrons. The average molecular weight is 511 g/mol. The Bertz CT molecular complexity index is 1870. The van der Waals surface area contributed by atoms with Gasteiger partial charge in [-0.1, -0.05) is 91.0 Å². The molecule has 0 atom stereocenters. The summed E-state index contributed by atoms with van der Waals surface area (Å²) in [6, 6.07) is 33.6. The molecule has 6 aromatic rings. The van der Waals surface area contributed by atoms with Crippen molar-refractivity contribution in [3.8, 4) is 56.4 Å². The lowest BCUT2D eigenvalue weighted by Gasteiger charge is -2.20. The summed E-state index contributed by atoms with van der Waals surface area (Å²) < 4.78 is 0. The van der Waals surface area contributed by atoms with E-state index in [0.29, 0.717) is 17.5 Å². The number of phenolic OH excluding ortho intramolecular Hbond substituents is 4. The van der Waals surface area contributed by atoms with Crippen molar-refractivity contribution >= 4 is 21.5 Å². The van der Waals surface area contributed by atoms with Gasteiger partial charge in [-0.3, -0.25) is 0 Å². The predicted molar refractivity (Wildman–Crippen MR) is 156 cm³/mol. The van der Waals surface area contributed by atoms with Crippen LogP contribution in [0, 0.1) is 0 Å². The van der Waals surface area contributed by atoms with Gasteiger partial charge in [-0.05, 0) is 80.3 Å². The maximum absolute atomic E-state index is 11.0. The van der Waals surface area contributed by atoms with Gasteiger partial charge in [-0.25, -0.2) is 0 Å². The monoisotopic (exact) mass is 510 g/mol. The summed E-state index contributed by atoms with van der Waals surface area (Å²) in [5.41, 5.74) is 7.01. The number of fused-ring (bicyclic) bond motifs is 5. The number of phenols is 4. The number of hydrogen-bond acceptors (Lipinski definition) is 4. The molecule has 39 heavy (non-hydrogen) atoms. The first-order valence-electron chi connectivity index (χ1n) is 13.2. The molecular formula is C35H26O4. The summed E-state index contributed by atoms with van der Waals surface area (Å²) in [5.74, 6) is -2.16. The van der Waals surface area contributed by atoms with Gasteiger partial charge in [0.2, 0.25) is 11.5 Å². The smallest absolute Gasteiger partial charge is 0.204 e. The van der Waals surface area contributed by atoms with Crippen LogP contribution in [0.25, 0.3) is 54.9 Å². The minimum Gasteiger partial charge on any atom is -0.504 e. The Balaban J connectivity index is 1.58. The highest BCUT2D eigenvalue weighted by Crippen LogP contribution is 2.54. The van der Waals surface area contributed by atoms with Crippen molar-refractivity contribution in [3.05, 3.63) is 108 Å². The van der Waals surface area contributed by atoms with Crippen LogP contribution in [-0.4, -0.2) is 20.4 Å². The molecule has 4 nitrogen and oxygen atoms in total. The Hall–Kier alpha value is -4.96. The summed E-state index contributed by atoms with van der Waals surface area (Å²) in [5, 5.41) is 46.8. The van der Waals surface area contributed by atoms with E-state index in [-0.39, 0.29) is 5.75 Å². The molecule has 0 unspecified atom stereocenters. The van der Waals surface area contributed by atoms with E-state index in [2.05, 4.69) is 84.9 Å². The topological polar surface area (TPSA) is 80.9 Å². The lowest BCUT2D eigenvalue weighted by Crippen LogP contribution is -1.94. The molecule has 0 aromatic heterocycles. The minimum absolute atomic E-state index is 0.373. The summed E-state index contributed by atoms with van der Waals surface area (Å²) in [4.78, 5) is 0. The Morgan fingerprint density at radius 2 is 0.974 bits per heavy atom. The number of aromatic hydroxyl groups is 4. The normalized spacial score (nSPS) is 12.7. The molecule has 0 spiro atoms. The van der Waals surface area contributed by atoms with Gasteiger partial charge in [0, 0.05) is 11.1 Å². The van der Waals surface area contributed by atoms with Crippen molar-refractivity contribution in [1.82, 2.24) is 0 Å². The molecule has 4 heteroatoms. The van der Waals surface area contributed by atoms with Crippen LogP contribution < -0.4 is 0 Å². The average Bonchev–Trinajstić information content (AvgIpc) is 3.17. The second kappa shape index (κ2) is 8.81. The molecular weight excluding hydrogens is 484 g/mol. The lowest BCUT2D eigenvalue weighted by atomic mass is 9.84. The first kappa shape index (κ1) is 23.2. The van der Waals surface area contributed by atoms with Gasteiger partial charge in [-0.2, -0.15) is 0 Å². The van der Waals surface area contributed by atoms with Gasteiger partial charge in [-0.15, -0.1) is 0 Å². The van der Waals surface area contributed by atoms with Crippen LogP contribution in [0.5, 0.6) is 23.0 Å². The molecule has 0 aliphatic heterocycles. The van der Waals surface area contributed by atoms with Crippen molar-refractivity contribution in [1.29, 1.82) is 0 Å². The fourth-order valence-electron chi connectivity index (χ4n) is 6.27. The molecule has 6 aromatic carbocycles. The second-order valence-electron chi connectivity index (χ2n) is 10.2. The third kappa shape index (κ3) is 3.45. The van der Waals surface area contributed by atoms with E-state index in [0.717, 1.165) is 62.2 Å². The Labute approximate surface area is 225 Å². The van der Waals surface area contributed by atoms with Gasteiger partial charge < -0.3 is 20.4 Å². The summed E-state index contributed by atoms with van der Waals surface area (Å²) in [7, 11) is 0. The number of benzene rings is 6. The van der Waals surface area contributed by atoms with E-state index in [9.17, 15) is 20.4 Å². The zero-order valence-corrected chi connectivity index (χ0v) is 21.1. The SMILES string of the molecule is Oc1c(O)c(O)c2c(c1O)CCCc1ccc(-c3c4ccccc4c(-c4ccccc4)c4ccccc34)cc1-2. The van der Waals surface area contributed by atoms with Crippen molar-refractivity contribution in [2.45, 2.75) is 19.3 Å². The third-order valence-corrected chi connectivity index (χ3v) is 8.03. The first-order chi connectivity index (χ1) is 19.0. The van der Waals surface area contributed by atoms with E-state index >= 15 is 0 Å². The molecule has 0 fully saturated rings. The highest BCUT2D eigenvalue weighted by molar-refractivity contribution is 6.21. The molecule has 1 aliphatic rings. The molecule has 1 aliphatic carbocycles.